The summed E-state index contributed by atoms with van der Waals surface area (Å²) in [5.74, 6) is 0. The first-order valence-corrected chi connectivity index (χ1v) is 12.9. The van der Waals surface area contributed by atoms with Gasteiger partial charge >= 0.3 is 6.18 Å². The Kier molecular flexibility index (Phi) is 4.31. The van der Waals surface area contributed by atoms with Crippen LogP contribution in [0.1, 0.15) is 5.56 Å². The molecule has 0 aliphatic carbocycles. The molecule has 0 unspecified atom stereocenters. The molecule has 0 saturated carbocycles. The van der Waals surface area contributed by atoms with Gasteiger partial charge in [-0.05, 0) is 35.5 Å². The number of hydrogen-bond acceptors (Lipinski definition) is 2. The highest BCUT2D eigenvalue weighted by molar-refractivity contribution is 7.90. The van der Waals surface area contributed by atoms with Crippen LogP contribution in [0.4, 0.5) is 13.2 Å². The summed E-state index contributed by atoms with van der Waals surface area (Å²) < 4.78 is 66.6. The molecule has 0 aliphatic heterocycles. The predicted octanol–water partition coefficient (Wildman–Crippen LogP) is 4.44. The number of alkyl halides is 3. The van der Waals surface area contributed by atoms with Crippen LogP contribution in [0.25, 0.3) is 10.9 Å². The summed E-state index contributed by atoms with van der Waals surface area (Å²) in [4.78, 5) is 0.0962. The van der Waals surface area contributed by atoms with E-state index >= 15 is 0 Å². The van der Waals surface area contributed by atoms with Crippen LogP contribution in [0.15, 0.2) is 59.6 Å². The van der Waals surface area contributed by atoms with Crippen LogP contribution in [-0.2, 0) is 16.2 Å². The maximum absolute atomic E-state index is 13.1. The quantitative estimate of drug-likeness (QED) is 0.613. The Bertz CT molecular complexity index is 1070. The van der Waals surface area contributed by atoms with Gasteiger partial charge in [-0.15, -0.1) is 0 Å². The van der Waals surface area contributed by atoms with Crippen LogP contribution in [0.3, 0.4) is 0 Å². The number of fused-ring (bicyclic) bond motifs is 1. The largest absolute Gasteiger partial charge is 0.416 e. The van der Waals surface area contributed by atoms with E-state index in [0.29, 0.717) is 10.6 Å². The van der Waals surface area contributed by atoms with Gasteiger partial charge in [0.1, 0.15) is 0 Å². The lowest BCUT2D eigenvalue weighted by atomic mass is 10.1. The van der Waals surface area contributed by atoms with Crippen molar-refractivity contribution in [1.29, 1.82) is 0 Å². The number of hydrogen-bond donors (Lipinski definition) is 0. The molecule has 0 bridgehead atoms. The second kappa shape index (κ2) is 5.99. The molecule has 1 aromatic heterocycles. The molecule has 26 heavy (non-hydrogen) atoms. The number of nitrogens with zero attached hydrogens (tertiary/aromatic N) is 1. The molecular weight excluding hydrogens is 379 g/mol. The maximum Gasteiger partial charge on any atom is 0.416 e. The van der Waals surface area contributed by atoms with Crippen LogP contribution in [0.2, 0.25) is 19.6 Å². The van der Waals surface area contributed by atoms with E-state index in [0.717, 1.165) is 16.1 Å². The van der Waals surface area contributed by atoms with Gasteiger partial charge in [0.05, 0.1) is 24.0 Å². The summed E-state index contributed by atoms with van der Waals surface area (Å²) in [6.07, 6.45) is -3.00. The van der Waals surface area contributed by atoms with Crippen molar-refractivity contribution < 1.29 is 21.6 Å². The van der Waals surface area contributed by atoms with Crippen LogP contribution in [0.5, 0.6) is 0 Å². The van der Waals surface area contributed by atoms with Crippen molar-refractivity contribution in [1.82, 2.24) is 3.97 Å². The van der Waals surface area contributed by atoms with Gasteiger partial charge in [0.25, 0.3) is 10.0 Å². The predicted molar refractivity (Wildman–Crippen MR) is 98.9 cm³/mol. The zero-order chi connectivity index (χ0) is 19.3. The summed E-state index contributed by atoms with van der Waals surface area (Å²) in [7, 11) is -5.99. The molecule has 3 aromatic rings. The monoisotopic (exact) mass is 397 g/mol. The molecule has 0 N–H and O–H groups in total. The highest BCUT2D eigenvalue weighted by atomic mass is 32.2. The highest BCUT2D eigenvalue weighted by Gasteiger charge is 2.33. The van der Waals surface area contributed by atoms with Gasteiger partial charge in [0.15, 0.2) is 0 Å². The van der Waals surface area contributed by atoms with E-state index in [4.69, 9.17) is 0 Å². The molecular formula is C18H18F3NO2SSi. The molecule has 0 atom stereocenters. The fourth-order valence-electron chi connectivity index (χ4n) is 2.88. The lowest BCUT2D eigenvalue weighted by molar-refractivity contribution is -0.137. The van der Waals surface area contributed by atoms with E-state index in [2.05, 4.69) is 0 Å². The first kappa shape index (κ1) is 18.7. The van der Waals surface area contributed by atoms with Crippen molar-refractivity contribution in [3.05, 3.63) is 60.3 Å². The van der Waals surface area contributed by atoms with Crippen molar-refractivity contribution in [2.45, 2.75) is 30.7 Å². The third-order valence-electron chi connectivity index (χ3n) is 4.21. The second-order valence-corrected chi connectivity index (χ2v) is 14.0. The number of halogens is 3. The summed E-state index contributed by atoms with van der Waals surface area (Å²) in [5.41, 5.74) is -0.515. The first-order chi connectivity index (χ1) is 11.9. The van der Waals surface area contributed by atoms with Crippen LogP contribution < -0.4 is 5.19 Å². The molecule has 0 radical (unpaired) electrons. The Morgan fingerprint density at radius 3 is 2.12 bits per heavy atom. The van der Waals surface area contributed by atoms with E-state index in [1.807, 2.05) is 19.6 Å². The Morgan fingerprint density at radius 2 is 1.58 bits per heavy atom. The van der Waals surface area contributed by atoms with E-state index in [1.165, 1.54) is 24.4 Å². The maximum atomic E-state index is 13.1. The van der Waals surface area contributed by atoms with Crippen molar-refractivity contribution in [2.75, 3.05) is 0 Å². The van der Waals surface area contributed by atoms with Gasteiger partial charge in [-0.25, -0.2) is 12.4 Å². The summed E-state index contributed by atoms with van der Waals surface area (Å²) in [5, 5.41) is 1.02. The minimum absolute atomic E-state index is 0.0962. The van der Waals surface area contributed by atoms with Crippen molar-refractivity contribution in [3.63, 3.8) is 0 Å². The van der Waals surface area contributed by atoms with Gasteiger partial charge in [-0.1, -0.05) is 37.8 Å². The molecule has 8 heteroatoms. The van der Waals surface area contributed by atoms with E-state index in [9.17, 15) is 21.6 Å². The third-order valence-corrected chi connectivity index (χ3v) is 7.91. The van der Waals surface area contributed by atoms with Gasteiger partial charge in [0, 0.05) is 11.6 Å². The average Bonchev–Trinajstić information content (AvgIpc) is 2.94. The van der Waals surface area contributed by atoms with Crippen molar-refractivity contribution in [2.24, 2.45) is 0 Å². The van der Waals surface area contributed by atoms with Crippen LogP contribution in [0, 0.1) is 0 Å². The highest BCUT2D eigenvalue weighted by Crippen LogP contribution is 2.32. The molecule has 138 valence electrons. The molecule has 0 saturated heterocycles. The zero-order valence-electron chi connectivity index (χ0n) is 14.5. The second-order valence-electron chi connectivity index (χ2n) is 7.14. The van der Waals surface area contributed by atoms with Gasteiger partial charge < -0.3 is 0 Å². The van der Waals surface area contributed by atoms with E-state index in [-0.39, 0.29) is 10.4 Å². The van der Waals surface area contributed by atoms with E-state index in [1.54, 1.807) is 18.2 Å². The molecule has 3 rings (SSSR count). The number of rotatable bonds is 3. The van der Waals surface area contributed by atoms with Gasteiger partial charge in [0.2, 0.25) is 0 Å². The Morgan fingerprint density at radius 1 is 0.962 bits per heavy atom. The van der Waals surface area contributed by atoms with Crippen LogP contribution in [-0.4, -0.2) is 20.5 Å². The molecule has 0 fully saturated rings. The number of benzene rings is 2. The van der Waals surface area contributed by atoms with Gasteiger partial charge in [-0.3, -0.25) is 0 Å². The lowest BCUT2D eigenvalue weighted by Gasteiger charge is -2.15. The molecule has 0 spiro atoms. The smallest absolute Gasteiger partial charge is 0.241 e. The molecule has 1 heterocycles. The average molecular weight is 397 g/mol. The normalized spacial score (nSPS) is 13.3. The van der Waals surface area contributed by atoms with Gasteiger partial charge in [-0.2, -0.15) is 13.2 Å². The minimum Gasteiger partial charge on any atom is -0.241 e. The molecule has 0 amide bonds. The molecule has 2 aromatic carbocycles. The third kappa shape index (κ3) is 3.19. The fourth-order valence-corrected chi connectivity index (χ4v) is 5.89. The summed E-state index contributed by atoms with van der Waals surface area (Å²) in [6.45, 7) is 5.92. The fraction of sp³-hybridized carbons (Fsp3) is 0.222. The summed E-state index contributed by atoms with van der Waals surface area (Å²) >= 11 is 0. The summed E-state index contributed by atoms with van der Waals surface area (Å²) in [6, 6.07) is 11.1. The first-order valence-electron chi connectivity index (χ1n) is 7.96. The topological polar surface area (TPSA) is 39.1 Å². The molecule has 0 aliphatic rings. The lowest BCUT2D eigenvalue weighted by Crippen LogP contribution is -2.37. The van der Waals surface area contributed by atoms with Crippen molar-refractivity contribution in [3.8, 4) is 0 Å². The Balaban J connectivity index is 2.35. The number of aromatic nitrogens is 1. The Hall–Kier alpha value is -2.06. The Labute approximate surface area is 151 Å². The van der Waals surface area contributed by atoms with Crippen molar-refractivity contribution >= 4 is 34.2 Å². The minimum atomic E-state index is -4.48. The standard InChI is InChI=1S/C18H18F3NO2SSi/c1-26(2,3)17-12-22(25(23,24)14-7-5-4-6-8-14)16-10-9-13(11-15(16)17)18(19,20)21/h4-12H,1-3H3. The molecule has 3 nitrogen and oxygen atoms in total. The van der Waals surface area contributed by atoms with Crippen LogP contribution >= 0.6 is 0 Å². The zero-order valence-corrected chi connectivity index (χ0v) is 16.3. The van der Waals surface area contributed by atoms with E-state index < -0.39 is 29.8 Å². The SMILES string of the molecule is C[Si](C)(C)c1cn(S(=O)(=O)c2ccccc2)c2ccc(C(F)(F)F)cc12.